The zero-order valence-electron chi connectivity index (χ0n) is 12.6. The van der Waals surface area contributed by atoms with Crippen molar-refractivity contribution in [1.29, 1.82) is 0 Å². The molecule has 0 saturated carbocycles. The molecule has 120 valence electrons. The summed E-state index contributed by atoms with van der Waals surface area (Å²) in [4.78, 5) is 28.2. The van der Waals surface area contributed by atoms with Gasteiger partial charge < -0.3 is 14.9 Å². The molecule has 1 saturated heterocycles. The molecule has 1 aliphatic heterocycles. The number of rotatable bonds is 3. The van der Waals surface area contributed by atoms with Crippen LogP contribution in [-0.4, -0.2) is 52.9 Å². The Morgan fingerprint density at radius 3 is 2.48 bits per heavy atom. The molecule has 3 rings (SSSR count). The van der Waals surface area contributed by atoms with Gasteiger partial charge in [-0.15, -0.1) is 0 Å². The van der Waals surface area contributed by atoms with E-state index in [1.165, 1.54) is 11.3 Å². The van der Waals surface area contributed by atoms with Crippen molar-refractivity contribution in [2.75, 3.05) is 26.2 Å². The van der Waals surface area contributed by atoms with Gasteiger partial charge in [0.2, 0.25) is 5.91 Å². The van der Waals surface area contributed by atoms with E-state index >= 15 is 0 Å². The first-order chi connectivity index (χ1) is 11.1. The average Bonchev–Trinajstić information content (AvgIpc) is 3.09. The largest absolute Gasteiger partial charge is 0.508 e. The highest BCUT2D eigenvalue weighted by Gasteiger charge is 2.24. The SMILES string of the molecule is O=C(Cc1cccc(O)c1)N1CCN(C(=O)c2ccsc2)CC1. The topological polar surface area (TPSA) is 60.9 Å². The number of nitrogens with zero attached hydrogens (tertiary/aromatic N) is 2. The zero-order chi connectivity index (χ0) is 16.2. The molecule has 1 aromatic heterocycles. The lowest BCUT2D eigenvalue weighted by atomic mass is 10.1. The Labute approximate surface area is 138 Å². The van der Waals surface area contributed by atoms with Crippen LogP contribution < -0.4 is 0 Å². The van der Waals surface area contributed by atoms with Gasteiger partial charge in [0, 0.05) is 31.6 Å². The quantitative estimate of drug-likeness (QED) is 0.936. The predicted molar refractivity (Wildman–Crippen MR) is 88.6 cm³/mol. The van der Waals surface area contributed by atoms with E-state index in [0.717, 1.165) is 11.1 Å². The van der Waals surface area contributed by atoms with Gasteiger partial charge >= 0.3 is 0 Å². The van der Waals surface area contributed by atoms with Crippen LogP contribution in [0.5, 0.6) is 5.75 Å². The van der Waals surface area contributed by atoms with Gasteiger partial charge in [0.1, 0.15) is 5.75 Å². The Hall–Kier alpha value is -2.34. The fourth-order valence-corrected chi connectivity index (χ4v) is 3.31. The van der Waals surface area contributed by atoms with E-state index in [2.05, 4.69) is 0 Å². The third kappa shape index (κ3) is 3.71. The van der Waals surface area contributed by atoms with Crippen LogP contribution in [0.2, 0.25) is 0 Å². The van der Waals surface area contributed by atoms with Gasteiger partial charge in [0.15, 0.2) is 0 Å². The van der Waals surface area contributed by atoms with Crippen molar-refractivity contribution in [1.82, 2.24) is 9.80 Å². The van der Waals surface area contributed by atoms with Gasteiger partial charge in [0.05, 0.1) is 12.0 Å². The van der Waals surface area contributed by atoms with E-state index in [1.54, 1.807) is 28.0 Å². The van der Waals surface area contributed by atoms with Crippen LogP contribution in [0.1, 0.15) is 15.9 Å². The summed E-state index contributed by atoms with van der Waals surface area (Å²) in [6.07, 6.45) is 0.271. The summed E-state index contributed by atoms with van der Waals surface area (Å²) >= 11 is 1.51. The lowest BCUT2D eigenvalue weighted by Gasteiger charge is -2.34. The van der Waals surface area contributed by atoms with Crippen LogP contribution in [0.15, 0.2) is 41.1 Å². The van der Waals surface area contributed by atoms with E-state index in [0.29, 0.717) is 26.2 Å². The van der Waals surface area contributed by atoms with E-state index in [1.807, 2.05) is 22.9 Å². The highest BCUT2D eigenvalue weighted by atomic mass is 32.1. The molecule has 0 aliphatic carbocycles. The fraction of sp³-hybridized carbons (Fsp3) is 0.294. The van der Waals surface area contributed by atoms with Crippen LogP contribution in [0.25, 0.3) is 0 Å². The molecular formula is C17H18N2O3S. The second-order valence-electron chi connectivity index (χ2n) is 5.53. The molecule has 0 bridgehead atoms. The van der Waals surface area contributed by atoms with Gasteiger partial charge in [-0.25, -0.2) is 0 Å². The van der Waals surface area contributed by atoms with Crippen LogP contribution in [0.3, 0.4) is 0 Å². The molecule has 2 amide bonds. The molecule has 1 fully saturated rings. The Balaban J connectivity index is 1.54. The van der Waals surface area contributed by atoms with Crippen LogP contribution in [0, 0.1) is 0 Å². The van der Waals surface area contributed by atoms with Crippen molar-refractivity contribution >= 4 is 23.2 Å². The number of carbonyl (C=O) groups excluding carboxylic acids is 2. The third-order valence-electron chi connectivity index (χ3n) is 3.95. The molecule has 23 heavy (non-hydrogen) atoms. The number of piperazine rings is 1. The van der Waals surface area contributed by atoms with Crippen molar-refractivity contribution in [2.45, 2.75) is 6.42 Å². The molecule has 5 nitrogen and oxygen atoms in total. The van der Waals surface area contributed by atoms with E-state index in [9.17, 15) is 14.7 Å². The molecule has 0 spiro atoms. The Bertz CT molecular complexity index is 692. The van der Waals surface area contributed by atoms with Crippen LogP contribution >= 0.6 is 11.3 Å². The van der Waals surface area contributed by atoms with Gasteiger partial charge in [-0.05, 0) is 29.1 Å². The Morgan fingerprint density at radius 2 is 1.83 bits per heavy atom. The first-order valence-corrected chi connectivity index (χ1v) is 8.45. The molecule has 2 aromatic rings. The first-order valence-electron chi connectivity index (χ1n) is 7.50. The molecule has 0 atom stereocenters. The summed E-state index contributed by atoms with van der Waals surface area (Å²) in [5.74, 6) is 0.228. The molecule has 2 heterocycles. The normalized spacial score (nSPS) is 14.8. The third-order valence-corrected chi connectivity index (χ3v) is 4.64. The molecule has 0 unspecified atom stereocenters. The number of thiophene rings is 1. The second-order valence-corrected chi connectivity index (χ2v) is 6.31. The summed E-state index contributed by atoms with van der Waals surface area (Å²) in [5.41, 5.74) is 1.52. The maximum Gasteiger partial charge on any atom is 0.254 e. The number of aromatic hydroxyl groups is 1. The van der Waals surface area contributed by atoms with Crippen LogP contribution in [0.4, 0.5) is 0 Å². The summed E-state index contributed by atoms with van der Waals surface area (Å²) in [5, 5.41) is 13.2. The van der Waals surface area contributed by atoms with E-state index < -0.39 is 0 Å². The summed E-state index contributed by atoms with van der Waals surface area (Å²) in [6.45, 7) is 2.21. The molecule has 1 N–H and O–H groups in total. The van der Waals surface area contributed by atoms with Gasteiger partial charge in [-0.2, -0.15) is 11.3 Å². The molecular weight excluding hydrogens is 312 g/mol. The minimum absolute atomic E-state index is 0.0261. The van der Waals surface area contributed by atoms with Crippen molar-refractivity contribution in [2.24, 2.45) is 0 Å². The lowest BCUT2D eigenvalue weighted by Crippen LogP contribution is -2.50. The number of benzene rings is 1. The second kappa shape index (κ2) is 6.83. The van der Waals surface area contributed by atoms with Crippen molar-refractivity contribution < 1.29 is 14.7 Å². The molecule has 1 aliphatic rings. The maximum absolute atomic E-state index is 12.3. The number of phenols is 1. The minimum atomic E-state index is 0.0261. The maximum atomic E-state index is 12.3. The number of carbonyl (C=O) groups is 2. The Morgan fingerprint density at radius 1 is 1.09 bits per heavy atom. The number of amides is 2. The molecule has 1 aromatic carbocycles. The zero-order valence-corrected chi connectivity index (χ0v) is 13.5. The standard InChI is InChI=1S/C17H18N2O3S/c20-15-3-1-2-13(10-15)11-16(21)18-5-7-19(8-6-18)17(22)14-4-9-23-12-14/h1-4,9-10,12,20H,5-8,11H2. The van der Waals surface area contributed by atoms with Gasteiger partial charge in [-0.3, -0.25) is 9.59 Å². The highest BCUT2D eigenvalue weighted by Crippen LogP contribution is 2.15. The number of hydrogen-bond donors (Lipinski definition) is 1. The minimum Gasteiger partial charge on any atom is -0.508 e. The van der Waals surface area contributed by atoms with Gasteiger partial charge in [-0.1, -0.05) is 12.1 Å². The lowest BCUT2D eigenvalue weighted by molar-refractivity contribution is -0.131. The van der Waals surface area contributed by atoms with Crippen molar-refractivity contribution in [3.8, 4) is 5.75 Å². The summed E-state index contributed by atoms with van der Waals surface area (Å²) in [7, 11) is 0. The highest BCUT2D eigenvalue weighted by molar-refractivity contribution is 7.08. The average molecular weight is 330 g/mol. The fourth-order valence-electron chi connectivity index (χ4n) is 2.68. The van der Waals surface area contributed by atoms with Crippen LogP contribution in [-0.2, 0) is 11.2 Å². The Kier molecular flexibility index (Phi) is 4.62. The number of phenolic OH excluding ortho intramolecular Hbond substituents is 1. The van der Waals surface area contributed by atoms with Gasteiger partial charge in [0.25, 0.3) is 5.91 Å². The summed E-state index contributed by atoms with van der Waals surface area (Å²) in [6, 6.07) is 8.58. The van der Waals surface area contributed by atoms with E-state index in [4.69, 9.17) is 0 Å². The monoisotopic (exact) mass is 330 g/mol. The summed E-state index contributed by atoms with van der Waals surface area (Å²) < 4.78 is 0. The molecule has 6 heteroatoms. The number of hydrogen-bond acceptors (Lipinski definition) is 4. The predicted octanol–water partition coefficient (Wildman–Crippen LogP) is 1.98. The molecule has 0 radical (unpaired) electrons. The van der Waals surface area contributed by atoms with Crippen molar-refractivity contribution in [3.63, 3.8) is 0 Å². The smallest absolute Gasteiger partial charge is 0.254 e. The first kappa shape index (κ1) is 15.6. The van der Waals surface area contributed by atoms with Crippen molar-refractivity contribution in [3.05, 3.63) is 52.2 Å². The van der Waals surface area contributed by atoms with E-state index in [-0.39, 0.29) is 24.0 Å².